The lowest BCUT2D eigenvalue weighted by Gasteiger charge is -2.19. The molecule has 2 heterocycles. The Morgan fingerprint density at radius 1 is 1.63 bits per heavy atom. The average molecular weight is 262 g/mol. The Labute approximate surface area is 111 Å². The molecule has 1 atom stereocenters. The van der Waals surface area contributed by atoms with E-state index in [0.29, 0.717) is 19.5 Å². The summed E-state index contributed by atoms with van der Waals surface area (Å²) in [6.45, 7) is 5.82. The molecule has 1 amide bonds. The molecular formula is C12H18N6O. The van der Waals surface area contributed by atoms with Gasteiger partial charge in [0.2, 0.25) is 5.91 Å². The monoisotopic (exact) mass is 262 g/mol. The zero-order valence-electron chi connectivity index (χ0n) is 11.3. The fourth-order valence-corrected chi connectivity index (χ4v) is 2.46. The molecule has 2 rings (SSSR count). The highest BCUT2D eigenvalue weighted by atomic mass is 16.2. The van der Waals surface area contributed by atoms with Gasteiger partial charge in [0.15, 0.2) is 0 Å². The van der Waals surface area contributed by atoms with Crippen molar-refractivity contribution in [2.45, 2.75) is 33.2 Å². The molecule has 0 N–H and O–H groups in total. The lowest BCUT2D eigenvalue weighted by molar-refractivity contribution is -0.117. The fraction of sp³-hybridized carbons (Fsp3) is 0.667. The highest BCUT2D eigenvalue weighted by Gasteiger charge is 2.32. The van der Waals surface area contributed by atoms with Gasteiger partial charge in [0.25, 0.3) is 0 Å². The molecule has 0 aromatic carbocycles. The second-order valence-electron chi connectivity index (χ2n) is 4.86. The van der Waals surface area contributed by atoms with Gasteiger partial charge < -0.3 is 0 Å². The molecule has 1 aliphatic heterocycles. The third-order valence-corrected chi connectivity index (χ3v) is 3.29. The van der Waals surface area contributed by atoms with Gasteiger partial charge in [-0.3, -0.25) is 9.69 Å². The second-order valence-corrected chi connectivity index (χ2v) is 4.86. The lowest BCUT2D eigenvalue weighted by atomic mass is 10.1. The van der Waals surface area contributed by atoms with Crippen LogP contribution in [-0.2, 0) is 11.3 Å². The van der Waals surface area contributed by atoms with Crippen molar-refractivity contribution in [3.63, 3.8) is 0 Å². The molecule has 0 saturated carbocycles. The molecule has 7 nitrogen and oxygen atoms in total. The molecule has 1 aliphatic rings. The van der Waals surface area contributed by atoms with E-state index < -0.39 is 0 Å². The molecule has 0 aliphatic carbocycles. The van der Waals surface area contributed by atoms with Gasteiger partial charge in [-0.05, 0) is 24.8 Å². The predicted octanol–water partition coefficient (Wildman–Crippen LogP) is 2.26. The van der Waals surface area contributed by atoms with Gasteiger partial charge in [0.1, 0.15) is 5.82 Å². The van der Waals surface area contributed by atoms with Gasteiger partial charge >= 0.3 is 0 Å². The van der Waals surface area contributed by atoms with Crippen LogP contribution in [0.5, 0.6) is 0 Å². The number of hydrogen-bond acceptors (Lipinski definition) is 3. The molecule has 102 valence electrons. The molecular weight excluding hydrogens is 244 g/mol. The van der Waals surface area contributed by atoms with Crippen molar-refractivity contribution in [2.75, 3.05) is 18.0 Å². The maximum absolute atomic E-state index is 12.1. The van der Waals surface area contributed by atoms with Crippen molar-refractivity contribution < 1.29 is 4.79 Å². The molecule has 7 heteroatoms. The van der Waals surface area contributed by atoms with E-state index in [4.69, 9.17) is 5.53 Å². The zero-order valence-corrected chi connectivity index (χ0v) is 11.3. The SMILES string of the molecule is CCCn1ncc(C)c1N1CC(CN=[N+]=[N-])CC1=O. The van der Waals surface area contributed by atoms with Crippen molar-refractivity contribution in [1.82, 2.24) is 9.78 Å². The molecule has 0 spiro atoms. The minimum atomic E-state index is 0.0825. The summed E-state index contributed by atoms with van der Waals surface area (Å²) in [7, 11) is 0. The van der Waals surface area contributed by atoms with Crippen LogP contribution in [0, 0.1) is 12.8 Å². The summed E-state index contributed by atoms with van der Waals surface area (Å²) in [5, 5.41) is 7.88. The van der Waals surface area contributed by atoms with Crippen LogP contribution in [0.15, 0.2) is 11.3 Å². The highest BCUT2D eigenvalue weighted by molar-refractivity contribution is 5.95. The number of rotatable bonds is 5. The van der Waals surface area contributed by atoms with E-state index >= 15 is 0 Å². The number of aromatic nitrogens is 2. The Bertz CT molecular complexity index is 516. The standard InChI is InChI=1S/C12H18N6O/c1-3-4-18-12(9(2)6-15-18)17-8-10(5-11(17)19)7-14-16-13/h6,10H,3-5,7-8H2,1-2H3. The zero-order chi connectivity index (χ0) is 13.8. The second kappa shape index (κ2) is 5.75. The Morgan fingerprint density at radius 3 is 3.11 bits per heavy atom. The summed E-state index contributed by atoms with van der Waals surface area (Å²) in [4.78, 5) is 16.6. The van der Waals surface area contributed by atoms with E-state index in [2.05, 4.69) is 22.0 Å². The van der Waals surface area contributed by atoms with Crippen LogP contribution in [0.3, 0.4) is 0 Å². The van der Waals surface area contributed by atoms with E-state index in [1.165, 1.54) is 0 Å². The van der Waals surface area contributed by atoms with E-state index in [0.717, 1.165) is 24.3 Å². The number of anilines is 1. The van der Waals surface area contributed by atoms with Crippen molar-refractivity contribution >= 4 is 11.7 Å². The maximum atomic E-state index is 12.1. The van der Waals surface area contributed by atoms with E-state index in [-0.39, 0.29) is 11.8 Å². The number of carbonyl (C=O) groups excluding carboxylic acids is 1. The molecule has 1 fully saturated rings. The summed E-state index contributed by atoms with van der Waals surface area (Å²) in [5.74, 6) is 1.07. The Balaban J connectivity index is 2.20. The number of amides is 1. The fourth-order valence-electron chi connectivity index (χ4n) is 2.46. The maximum Gasteiger partial charge on any atom is 0.228 e. The molecule has 1 aromatic heterocycles. The van der Waals surface area contributed by atoms with Crippen molar-refractivity contribution in [2.24, 2.45) is 11.0 Å². The van der Waals surface area contributed by atoms with Gasteiger partial charge in [-0.1, -0.05) is 12.0 Å². The summed E-state index contributed by atoms with van der Waals surface area (Å²) in [6, 6.07) is 0. The first kappa shape index (κ1) is 13.4. The van der Waals surface area contributed by atoms with Crippen LogP contribution >= 0.6 is 0 Å². The summed E-state index contributed by atoms with van der Waals surface area (Å²) < 4.78 is 1.88. The smallest absolute Gasteiger partial charge is 0.228 e. The molecule has 19 heavy (non-hydrogen) atoms. The Hall–Kier alpha value is -2.01. The quantitative estimate of drug-likeness (QED) is 0.463. The number of carbonyl (C=O) groups is 1. The summed E-state index contributed by atoms with van der Waals surface area (Å²) in [6.07, 6.45) is 3.20. The first-order chi connectivity index (χ1) is 9.17. The predicted molar refractivity (Wildman–Crippen MR) is 71.7 cm³/mol. The first-order valence-corrected chi connectivity index (χ1v) is 6.51. The van der Waals surface area contributed by atoms with Crippen LogP contribution in [0.4, 0.5) is 5.82 Å². The third-order valence-electron chi connectivity index (χ3n) is 3.29. The normalized spacial score (nSPS) is 18.7. The molecule has 1 saturated heterocycles. The van der Waals surface area contributed by atoms with Gasteiger partial charge in [-0.25, -0.2) is 4.68 Å². The topological polar surface area (TPSA) is 86.9 Å². The Kier molecular flexibility index (Phi) is 4.06. The van der Waals surface area contributed by atoms with Gasteiger partial charge in [0, 0.05) is 36.5 Å². The van der Waals surface area contributed by atoms with E-state index in [1.54, 1.807) is 11.1 Å². The average Bonchev–Trinajstić information content (AvgIpc) is 2.91. The minimum absolute atomic E-state index is 0.0825. The molecule has 0 bridgehead atoms. The number of aryl methyl sites for hydroxylation is 2. The number of azide groups is 1. The minimum Gasteiger partial charge on any atom is -0.297 e. The van der Waals surface area contributed by atoms with Crippen LogP contribution in [-0.4, -0.2) is 28.8 Å². The van der Waals surface area contributed by atoms with Gasteiger partial charge in [-0.15, -0.1) is 0 Å². The van der Waals surface area contributed by atoms with Crippen LogP contribution < -0.4 is 4.90 Å². The summed E-state index contributed by atoms with van der Waals surface area (Å²) in [5.41, 5.74) is 9.35. The third kappa shape index (κ3) is 2.71. The number of nitrogens with zero attached hydrogens (tertiary/aromatic N) is 6. The molecule has 1 aromatic rings. The van der Waals surface area contributed by atoms with Crippen molar-refractivity contribution in [1.29, 1.82) is 0 Å². The largest absolute Gasteiger partial charge is 0.297 e. The molecule has 0 radical (unpaired) electrons. The van der Waals surface area contributed by atoms with E-state index in [9.17, 15) is 4.79 Å². The lowest BCUT2D eigenvalue weighted by Crippen LogP contribution is -2.28. The van der Waals surface area contributed by atoms with Gasteiger partial charge in [-0.2, -0.15) is 5.10 Å². The first-order valence-electron chi connectivity index (χ1n) is 6.51. The van der Waals surface area contributed by atoms with Crippen molar-refractivity contribution in [3.8, 4) is 0 Å². The molecule has 1 unspecified atom stereocenters. The van der Waals surface area contributed by atoms with E-state index in [1.807, 2.05) is 11.6 Å². The van der Waals surface area contributed by atoms with Crippen LogP contribution in [0.25, 0.3) is 10.4 Å². The number of hydrogen-bond donors (Lipinski definition) is 0. The highest BCUT2D eigenvalue weighted by Crippen LogP contribution is 2.28. The van der Waals surface area contributed by atoms with Gasteiger partial charge in [0.05, 0.1) is 6.20 Å². The van der Waals surface area contributed by atoms with Crippen LogP contribution in [0.1, 0.15) is 25.3 Å². The Morgan fingerprint density at radius 2 is 2.42 bits per heavy atom. The summed E-state index contributed by atoms with van der Waals surface area (Å²) >= 11 is 0. The van der Waals surface area contributed by atoms with Crippen LogP contribution in [0.2, 0.25) is 0 Å². The van der Waals surface area contributed by atoms with Crippen molar-refractivity contribution in [3.05, 3.63) is 22.2 Å².